The molecule has 0 spiro atoms. The summed E-state index contributed by atoms with van der Waals surface area (Å²) in [5.74, 6) is 1.73. The average molecular weight is 357 g/mol. The van der Waals surface area contributed by atoms with Crippen molar-refractivity contribution < 1.29 is 0 Å². The second-order valence-electron chi connectivity index (χ2n) is 5.97. The van der Waals surface area contributed by atoms with Crippen LogP contribution in [0.5, 0.6) is 0 Å². The molecule has 18 heavy (non-hydrogen) atoms. The van der Waals surface area contributed by atoms with Gasteiger partial charge in [-0.25, -0.2) is 0 Å². The molecule has 1 nitrogen and oxygen atoms in total. The summed E-state index contributed by atoms with van der Waals surface area (Å²) in [6, 6.07) is 7.25. The molecule has 0 heterocycles. The number of hydrogen-bond acceptors (Lipinski definition) is 1. The van der Waals surface area contributed by atoms with Gasteiger partial charge in [-0.2, -0.15) is 0 Å². The molecule has 1 aliphatic carbocycles. The van der Waals surface area contributed by atoms with E-state index in [4.69, 9.17) is 0 Å². The molecule has 0 bridgehead atoms. The van der Waals surface area contributed by atoms with Gasteiger partial charge in [0, 0.05) is 15.3 Å². The van der Waals surface area contributed by atoms with Crippen LogP contribution in [0.25, 0.3) is 0 Å². The number of anilines is 1. The standard InChI is InChI=1S/C16H24IN/c1-11(2)7-10-16(13-8-9-13)18-15-6-4-5-14(17)12(15)3/h4-6,11,13,16,18H,7-10H2,1-3H3. The molecule has 100 valence electrons. The summed E-state index contributed by atoms with van der Waals surface area (Å²) < 4.78 is 1.36. The first-order valence-corrected chi connectivity index (χ1v) is 8.17. The molecule has 0 aromatic heterocycles. The van der Waals surface area contributed by atoms with E-state index in [1.54, 1.807) is 0 Å². The van der Waals surface area contributed by atoms with Crippen molar-refractivity contribution in [3.05, 3.63) is 27.3 Å². The molecule has 0 saturated heterocycles. The number of halogens is 1. The molecule has 1 saturated carbocycles. The van der Waals surface area contributed by atoms with Gasteiger partial charge in [0.25, 0.3) is 0 Å². The van der Waals surface area contributed by atoms with Crippen molar-refractivity contribution in [2.45, 2.75) is 52.5 Å². The van der Waals surface area contributed by atoms with Crippen molar-refractivity contribution in [3.8, 4) is 0 Å². The van der Waals surface area contributed by atoms with Crippen LogP contribution in [-0.2, 0) is 0 Å². The van der Waals surface area contributed by atoms with Crippen molar-refractivity contribution >= 4 is 28.3 Å². The number of nitrogens with one attached hydrogen (secondary N) is 1. The van der Waals surface area contributed by atoms with Crippen LogP contribution in [0.4, 0.5) is 5.69 Å². The number of hydrogen-bond donors (Lipinski definition) is 1. The molecule has 0 amide bonds. The molecule has 2 rings (SSSR count). The van der Waals surface area contributed by atoms with Gasteiger partial charge in [-0.1, -0.05) is 19.9 Å². The van der Waals surface area contributed by atoms with Crippen molar-refractivity contribution in [2.24, 2.45) is 11.8 Å². The fourth-order valence-corrected chi connectivity index (χ4v) is 2.90. The first kappa shape index (κ1) is 14.2. The van der Waals surface area contributed by atoms with E-state index in [-0.39, 0.29) is 0 Å². The lowest BCUT2D eigenvalue weighted by atomic mass is 9.99. The van der Waals surface area contributed by atoms with Gasteiger partial charge in [0.2, 0.25) is 0 Å². The Labute approximate surface area is 125 Å². The average Bonchev–Trinajstić information content (AvgIpc) is 3.13. The highest BCUT2D eigenvalue weighted by Crippen LogP contribution is 2.37. The van der Waals surface area contributed by atoms with Crippen LogP contribution < -0.4 is 5.32 Å². The van der Waals surface area contributed by atoms with Gasteiger partial charge in [0.15, 0.2) is 0 Å². The highest BCUT2D eigenvalue weighted by molar-refractivity contribution is 14.1. The molecule has 1 unspecified atom stereocenters. The summed E-state index contributed by atoms with van der Waals surface area (Å²) in [5.41, 5.74) is 2.73. The Kier molecular flexibility index (Phi) is 4.93. The van der Waals surface area contributed by atoms with E-state index < -0.39 is 0 Å². The van der Waals surface area contributed by atoms with Crippen molar-refractivity contribution in [1.82, 2.24) is 0 Å². The zero-order valence-corrected chi connectivity index (χ0v) is 13.8. The maximum Gasteiger partial charge on any atom is 0.0382 e. The molecule has 2 heteroatoms. The molecule has 0 radical (unpaired) electrons. The fourth-order valence-electron chi connectivity index (χ4n) is 2.40. The van der Waals surface area contributed by atoms with E-state index in [0.717, 1.165) is 11.8 Å². The van der Waals surface area contributed by atoms with Gasteiger partial charge in [0.05, 0.1) is 0 Å². The lowest BCUT2D eigenvalue weighted by Crippen LogP contribution is -2.23. The van der Waals surface area contributed by atoms with Crippen LogP contribution >= 0.6 is 22.6 Å². The Morgan fingerprint density at radius 1 is 1.28 bits per heavy atom. The predicted molar refractivity (Wildman–Crippen MR) is 88.1 cm³/mol. The smallest absolute Gasteiger partial charge is 0.0382 e. The van der Waals surface area contributed by atoms with Gasteiger partial charge in [-0.3, -0.25) is 0 Å². The van der Waals surface area contributed by atoms with E-state index >= 15 is 0 Å². The summed E-state index contributed by atoms with van der Waals surface area (Å²) in [7, 11) is 0. The minimum absolute atomic E-state index is 0.685. The monoisotopic (exact) mass is 357 g/mol. The van der Waals surface area contributed by atoms with Gasteiger partial charge >= 0.3 is 0 Å². The first-order valence-electron chi connectivity index (χ1n) is 7.09. The van der Waals surface area contributed by atoms with Gasteiger partial charge in [-0.15, -0.1) is 0 Å². The van der Waals surface area contributed by atoms with Crippen LogP contribution in [-0.4, -0.2) is 6.04 Å². The van der Waals surface area contributed by atoms with E-state index in [1.807, 2.05) is 0 Å². The summed E-state index contributed by atoms with van der Waals surface area (Å²) in [5, 5.41) is 3.80. The Hall–Kier alpha value is -0.250. The number of benzene rings is 1. The molecular weight excluding hydrogens is 333 g/mol. The van der Waals surface area contributed by atoms with Gasteiger partial charge in [-0.05, 0) is 84.7 Å². The molecule has 0 aliphatic heterocycles. The third-order valence-electron chi connectivity index (χ3n) is 3.85. The fraction of sp³-hybridized carbons (Fsp3) is 0.625. The van der Waals surface area contributed by atoms with Gasteiger partial charge in [0.1, 0.15) is 0 Å². The van der Waals surface area contributed by atoms with E-state index in [1.165, 1.54) is 40.5 Å². The minimum atomic E-state index is 0.685. The predicted octanol–water partition coefficient (Wildman–Crippen LogP) is 5.23. The second-order valence-corrected chi connectivity index (χ2v) is 7.13. The lowest BCUT2D eigenvalue weighted by molar-refractivity contribution is 0.486. The quantitative estimate of drug-likeness (QED) is 0.688. The summed E-state index contributed by atoms with van der Waals surface area (Å²) >= 11 is 2.42. The normalized spacial score (nSPS) is 16.9. The van der Waals surface area contributed by atoms with Crippen LogP contribution in [0.15, 0.2) is 18.2 Å². The topological polar surface area (TPSA) is 12.0 Å². The molecule has 1 aromatic carbocycles. The van der Waals surface area contributed by atoms with Crippen LogP contribution in [0.2, 0.25) is 0 Å². The minimum Gasteiger partial charge on any atom is -0.382 e. The zero-order valence-electron chi connectivity index (χ0n) is 11.7. The third kappa shape index (κ3) is 3.87. The summed E-state index contributed by atoms with van der Waals surface area (Å²) in [6.07, 6.45) is 5.47. The Balaban J connectivity index is 2.01. The first-order chi connectivity index (χ1) is 8.58. The molecule has 1 fully saturated rings. The summed E-state index contributed by atoms with van der Waals surface area (Å²) in [4.78, 5) is 0. The third-order valence-corrected chi connectivity index (χ3v) is 5.02. The molecule has 1 aliphatic rings. The maximum atomic E-state index is 3.80. The van der Waals surface area contributed by atoms with Crippen molar-refractivity contribution in [3.63, 3.8) is 0 Å². The van der Waals surface area contributed by atoms with Crippen LogP contribution in [0, 0.1) is 22.3 Å². The zero-order chi connectivity index (χ0) is 13.1. The number of rotatable bonds is 6. The van der Waals surface area contributed by atoms with E-state index in [0.29, 0.717) is 6.04 Å². The van der Waals surface area contributed by atoms with E-state index in [9.17, 15) is 0 Å². The Bertz CT molecular complexity index is 396. The highest BCUT2D eigenvalue weighted by atomic mass is 127. The largest absolute Gasteiger partial charge is 0.382 e. The van der Waals surface area contributed by atoms with Crippen LogP contribution in [0.1, 0.15) is 45.1 Å². The molecular formula is C16H24IN. The highest BCUT2D eigenvalue weighted by Gasteiger charge is 2.31. The van der Waals surface area contributed by atoms with Gasteiger partial charge < -0.3 is 5.32 Å². The molecule has 1 N–H and O–H groups in total. The second kappa shape index (κ2) is 6.27. The van der Waals surface area contributed by atoms with Crippen molar-refractivity contribution in [1.29, 1.82) is 0 Å². The van der Waals surface area contributed by atoms with Crippen molar-refractivity contribution in [2.75, 3.05) is 5.32 Å². The maximum absolute atomic E-state index is 3.80. The summed E-state index contributed by atoms with van der Waals surface area (Å²) in [6.45, 7) is 6.86. The van der Waals surface area contributed by atoms with E-state index in [2.05, 4.69) is 66.9 Å². The van der Waals surface area contributed by atoms with Crippen LogP contribution in [0.3, 0.4) is 0 Å². The lowest BCUT2D eigenvalue weighted by Gasteiger charge is -2.22. The Morgan fingerprint density at radius 2 is 2.00 bits per heavy atom. The molecule has 1 atom stereocenters. The Morgan fingerprint density at radius 3 is 2.61 bits per heavy atom. The molecule has 1 aromatic rings. The SMILES string of the molecule is Cc1c(I)cccc1NC(CCC(C)C)C1CC1.